The topological polar surface area (TPSA) is 42.2 Å². The number of halogens is 2. The van der Waals surface area contributed by atoms with E-state index in [1.807, 2.05) is 0 Å². The molecular weight excluding hydrogens is 281 g/mol. The highest BCUT2D eigenvalue weighted by atomic mass is 79.9. The lowest BCUT2D eigenvalue weighted by molar-refractivity contribution is 0.0953. The van der Waals surface area contributed by atoms with Gasteiger partial charge < -0.3 is 9.73 Å². The molecular formula is C10H13BrClNO2. The Labute approximate surface area is 102 Å². The van der Waals surface area contributed by atoms with Crippen LogP contribution in [0.25, 0.3) is 0 Å². The molecule has 5 heteroatoms. The van der Waals surface area contributed by atoms with Crippen LogP contribution in [0.3, 0.4) is 0 Å². The van der Waals surface area contributed by atoms with Gasteiger partial charge in [-0.25, -0.2) is 0 Å². The van der Waals surface area contributed by atoms with Gasteiger partial charge in [-0.2, -0.15) is 0 Å². The highest BCUT2D eigenvalue weighted by Crippen LogP contribution is 2.16. The zero-order chi connectivity index (χ0) is 11.3. The molecule has 0 spiro atoms. The molecule has 1 unspecified atom stereocenters. The van der Waals surface area contributed by atoms with Crippen LogP contribution in [0.2, 0.25) is 5.22 Å². The molecule has 15 heavy (non-hydrogen) atoms. The van der Waals surface area contributed by atoms with Crippen molar-refractivity contribution in [3.63, 3.8) is 0 Å². The summed E-state index contributed by atoms with van der Waals surface area (Å²) in [6.07, 6.45) is 3.51. The lowest BCUT2D eigenvalue weighted by atomic mass is 10.2. The molecule has 1 rings (SSSR count). The summed E-state index contributed by atoms with van der Waals surface area (Å²) in [6.45, 7) is 2.69. The Kier molecular flexibility index (Phi) is 5.19. The number of furan rings is 1. The summed E-state index contributed by atoms with van der Waals surface area (Å²) in [5, 5.41) is 2.91. The number of carbonyl (C=O) groups excluding carboxylic acids is 1. The highest BCUT2D eigenvalue weighted by Gasteiger charge is 2.13. The third kappa shape index (κ3) is 3.87. The molecule has 0 bridgehead atoms. The van der Waals surface area contributed by atoms with Gasteiger partial charge in [-0.15, -0.1) is 0 Å². The summed E-state index contributed by atoms with van der Waals surface area (Å²) in [6, 6.07) is 1.56. The van der Waals surface area contributed by atoms with Crippen molar-refractivity contribution in [2.75, 3.05) is 6.54 Å². The van der Waals surface area contributed by atoms with E-state index in [1.54, 1.807) is 6.07 Å². The van der Waals surface area contributed by atoms with E-state index >= 15 is 0 Å². The van der Waals surface area contributed by atoms with Gasteiger partial charge in [0.25, 0.3) is 5.91 Å². The number of carbonyl (C=O) groups is 1. The highest BCUT2D eigenvalue weighted by molar-refractivity contribution is 9.09. The molecule has 0 fully saturated rings. The van der Waals surface area contributed by atoms with E-state index in [0.717, 1.165) is 12.8 Å². The number of rotatable bonds is 5. The molecule has 0 radical (unpaired) electrons. The Bertz CT molecular complexity index is 327. The Morgan fingerprint density at radius 2 is 2.47 bits per heavy atom. The molecule has 1 aromatic heterocycles. The van der Waals surface area contributed by atoms with Gasteiger partial charge in [0.2, 0.25) is 5.22 Å². The molecule has 3 nitrogen and oxygen atoms in total. The lowest BCUT2D eigenvalue weighted by Crippen LogP contribution is -2.29. The van der Waals surface area contributed by atoms with Gasteiger partial charge in [0.05, 0.1) is 11.8 Å². The first kappa shape index (κ1) is 12.6. The van der Waals surface area contributed by atoms with Crippen LogP contribution in [-0.4, -0.2) is 17.3 Å². The number of nitrogens with one attached hydrogen (secondary N) is 1. The summed E-state index contributed by atoms with van der Waals surface area (Å²) >= 11 is 9.15. The van der Waals surface area contributed by atoms with Crippen LogP contribution in [0.5, 0.6) is 0 Å². The van der Waals surface area contributed by atoms with Crippen molar-refractivity contribution < 1.29 is 9.21 Å². The quantitative estimate of drug-likeness (QED) is 0.847. The summed E-state index contributed by atoms with van der Waals surface area (Å²) in [4.78, 5) is 11.9. The van der Waals surface area contributed by atoms with Crippen LogP contribution < -0.4 is 5.32 Å². The van der Waals surface area contributed by atoms with Crippen molar-refractivity contribution in [3.8, 4) is 0 Å². The van der Waals surface area contributed by atoms with E-state index in [-0.39, 0.29) is 11.1 Å². The van der Waals surface area contributed by atoms with Crippen molar-refractivity contribution in [3.05, 3.63) is 23.1 Å². The van der Waals surface area contributed by atoms with Crippen molar-refractivity contribution in [2.45, 2.75) is 24.6 Å². The lowest BCUT2D eigenvalue weighted by Gasteiger charge is -2.09. The Morgan fingerprint density at radius 1 is 1.73 bits per heavy atom. The average molecular weight is 295 g/mol. The van der Waals surface area contributed by atoms with E-state index in [1.165, 1.54) is 6.26 Å². The van der Waals surface area contributed by atoms with Gasteiger partial charge in [0, 0.05) is 11.4 Å². The fourth-order valence-corrected chi connectivity index (χ4v) is 1.99. The minimum atomic E-state index is -0.200. The molecule has 1 aromatic rings. The third-order valence-corrected chi connectivity index (χ3v) is 3.02. The Hall–Kier alpha value is -0.480. The summed E-state index contributed by atoms with van der Waals surface area (Å²) < 4.78 is 4.83. The second kappa shape index (κ2) is 6.18. The largest absolute Gasteiger partial charge is 0.452 e. The van der Waals surface area contributed by atoms with Crippen LogP contribution in [0.1, 0.15) is 30.1 Å². The van der Waals surface area contributed by atoms with Crippen LogP contribution in [0, 0.1) is 0 Å². The Morgan fingerprint density at radius 3 is 3.00 bits per heavy atom. The maximum absolute atomic E-state index is 11.6. The molecule has 1 N–H and O–H groups in total. The van der Waals surface area contributed by atoms with E-state index in [0.29, 0.717) is 16.9 Å². The monoisotopic (exact) mass is 293 g/mol. The van der Waals surface area contributed by atoms with Gasteiger partial charge in [-0.1, -0.05) is 29.3 Å². The summed E-state index contributed by atoms with van der Waals surface area (Å²) in [5.41, 5.74) is 0.382. The van der Waals surface area contributed by atoms with Crippen LogP contribution in [0.15, 0.2) is 16.7 Å². The smallest absolute Gasteiger partial charge is 0.256 e. The predicted molar refractivity (Wildman–Crippen MR) is 63.7 cm³/mol. The Balaban J connectivity index is 2.40. The average Bonchev–Trinajstić information content (AvgIpc) is 2.61. The second-order valence-electron chi connectivity index (χ2n) is 3.20. The predicted octanol–water partition coefficient (Wildman–Crippen LogP) is 3.23. The van der Waals surface area contributed by atoms with Gasteiger partial charge in [0.15, 0.2) is 0 Å². The molecule has 0 saturated heterocycles. The van der Waals surface area contributed by atoms with Gasteiger partial charge in [-0.05, 0) is 24.1 Å². The maximum Gasteiger partial charge on any atom is 0.256 e. The van der Waals surface area contributed by atoms with E-state index < -0.39 is 0 Å². The van der Waals surface area contributed by atoms with Crippen LogP contribution in [0.4, 0.5) is 0 Å². The number of amides is 1. The minimum Gasteiger partial charge on any atom is -0.452 e. The van der Waals surface area contributed by atoms with Crippen molar-refractivity contribution >= 4 is 33.4 Å². The molecule has 0 aromatic carbocycles. The SMILES string of the molecule is CCCC(Br)CNC(=O)c1ccoc1Cl. The van der Waals surface area contributed by atoms with Crippen molar-refractivity contribution in [1.82, 2.24) is 5.32 Å². The molecule has 1 amide bonds. The molecule has 0 aliphatic rings. The fraction of sp³-hybridized carbons (Fsp3) is 0.500. The first-order valence-electron chi connectivity index (χ1n) is 4.80. The van der Waals surface area contributed by atoms with E-state index in [4.69, 9.17) is 16.0 Å². The van der Waals surface area contributed by atoms with E-state index in [9.17, 15) is 4.79 Å². The molecule has 0 aliphatic carbocycles. The van der Waals surface area contributed by atoms with Gasteiger partial charge in [-0.3, -0.25) is 4.79 Å². The minimum absolute atomic E-state index is 0.133. The second-order valence-corrected chi connectivity index (χ2v) is 4.84. The zero-order valence-electron chi connectivity index (χ0n) is 8.43. The normalized spacial score (nSPS) is 12.5. The molecule has 1 atom stereocenters. The van der Waals surface area contributed by atoms with Gasteiger partial charge >= 0.3 is 0 Å². The molecule has 84 valence electrons. The number of hydrogen-bond acceptors (Lipinski definition) is 2. The first-order valence-corrected chi connectivity index (χ1v) is 6.09. The van der Waals surface area contributed by atoms with E-state index in [2.05, 4.69) is 28.2 Å². The van der Waals surface area contributed by atoms with Crippen molar-refractivity contribution in [2.24, 2.45) is 0 Å². The zero-order valence-corrected chi connectivity index (χ0v) is 10.8. The number of hydrogen-bond donors (Lipinski definition) is 1. The summed E-state index contributed by atoms with van der Waals surface area (Å²) in [5.74, 6) is -0.200. The van der Waals surface area contributed by atoms with Gasteiger partial charge in [0.1, 0.15) is 0 Å². The van der Waals surface area contributed by atoms with Crippen LogP contribution >= 0.6 is 27.5 Å². The van der Waals surface area contributed by atoms with Crippen LogP contribution in [-0.2, 0) is 0 Å². The number of alkyl halides is 1. The molecule has 1 heterocycles. The first-order chi connectivity index (χ1) is 7.15. The molecule has 0 saturated carbocycles. The maximum atomic E-state index is 11.6. The standard InChI is InChI=1S/C10H13BrClNO2/c1-2-3-7(11)6-13-10(14)8-4-5-15-9(8)12/h4-5,7H,2-3,6H2,1H3,(H,13,14). The molecule has 0 aliphatic heterocycles. The fourth-order valence-electron chi connectivity index (χ4n) is 1.17. The summed E-state index contributed by atoms with van der Waals surface area (Å²) in [7, 11) is 0. The van der Waals surface area contributed by atoms with Crippen molar-refractivity contribution in [1.29, 1.82) is 0 Å². The third-order valence-electron chi connectivity index (χ3n) is 1.95.